The number of unbranched alkanes of at least 4 members (excludes halogenated alkanes) is 1. The Kier molecular flexibility index (Phi) is 7.03. The first-order valence-electron chi connectivity index (χ1n) is 6.70. The Morgan fingerprint density at radius 3 is 2.60 bits per heavy atom. The van der Waals surface area contributed by atoms with Crippen LogP contribution in [0.5, 0.6) is 0 Å². The lowest BCUT2D eigenvalue weighted by molar-refractivity contribution is 0.355. The lowest BCUT2D eigenvalue weighted by atomic mass is 9.98. The zero-order valence-electron chi connectivity index (χ0n) is 10.5. The zero-order valence-corrected chi connectivity index (χ0v) is 10.5. The molecule has 1 aliphatic rings. The van der Waals surface area contributed by atoms with Gasteiger partial charge in [-0.3, -0.25) is 0 Å². The van der Waals surface area contributed by atoms with Crippen LogP contribution in [0.3, 0.4) is 0 Å². The van der Waals surface area contributed by atoms with E-state index in [0.717, 1.165) is 11.8 Å². The molecule has 0 radical (unpaired) electrons. The Hall–Kier alpha value is -0.0800. The van der Waals surface area contributed by atoms with E-state index in [1.165, 1.54) is 58.3 Å². The molecule has 0 aromatic heterocycles. The first kappa shape index (κ1) is 13.0. The van der Waals surface area contributed by atoms with Crippen molar-refractivity contribution >= 4 is 0 Å². The fourth-order valence-corrected chi connectivity index (χ4v) is 2.19. The molecule has 0 spiro atoms. The molecular formula is C13H28N2. The molecule has 0 aromatic carbocycles. The van der Waals surface area contributed by atoms with Crippen molar-refractivity contribution in [1.29, 1.82) is 0 Å². The second-order valence-corrected chi connectivity index (χ2v) is 5.29. The minimum atomic E-state index is 0.870. The summed E-state index contributed by atoms with van der Waals surface area (Å²) < 4.78 is 0. The molecule has 0 amide bonds. The van der Waals surface area contributed by atoms with Crippen LogP contribution in [0.4, 0.5) is 0 Å². The SMILES string of the molecule is CC(C)CCCCNCC1CCNCC1. The molecule has 0 aromatic rings. The first-order chi connectivity index (χ1) is 7.29. The van der Waals surface area contributed by atoms with Gasteiger partial charge >= 0.3 is 0 Å². The molecule has 90 valence electrons. The van der Waals surface area contributed by atoms with Gasteiger partial charge in [0.15, 0.2) is 0 Å². The molecule has 1 rings (SSSR count). The highest BCUT2D eigenvalue weighted by molar-refractivity contribution is 4.70. The minimum Gasteiger partial charge on any atom is -0.317 e. The fourth-order valence-electron chi connectivity index (χ4n) is 2.19. The van der Waals surface area contributed by atoms with E-state index in [2.05, 4.69) is 24.5 Å². The number of hydrogen-bond donors (Lipinski definition) is 2. The van der Waals surface area contributed by atoms with Crippen LogP contribution < -0.4 is 10.6 Å². The summed E-state index contributed by atoms with van der Waals surface area (Å²) in [6.45, 7) is 9.52. The average molecular weight is 212 g/mol. The third kappa shape index (κ3) is 6.91. The van der Waals surface area contributed by atoms with E-state index in [1.807, 2.05) is 0 Å². The standard InChI is InChI=1S/C13H28N2/c1-12(2)5-3-4-8-15-11-13-6-9-14-10-7-13/h12-15H,3-11H2,1-2H3. The van der Waals surface area contributed by atoms with Crippen LogP contribution in [0.1, 0.15) is 46.0 Å². The summed E-state index contributed by atoms with van der Waals surface area (Å²) in [6, 6.07) is 0. The van der Waals surface area contributed by atoms with E-state index in [0.29, 0.717) is 0 Å². The van der Waals surface area contributed by atoms with Crippen molar-refractivity contribution in [3.63, 3.8) is 0 Å². The summed E-state index contributed by atoms with van der Waals surface area (Å²) in [6.07, 6.45) is 6.84. The molecular weight excluding hydrogens is 184 g/mol. The van der Waals surface area contributed by atoms with Gasteiger partial charge in [-0.15, -0.1) is 0 Å². The molecule has 0 bridgehead atoms. The Bertz CT molecular complexity index is 139. The predicted octanol–water partition coefficient (Wildman–Crippen LogP) is 2.40. The molecule has 15 heavy (non-hydrogen) atoms. The van der Waals surface area contributed by atoms with Crippen molar-refractivity contribution in [2.24, 2.45) is 11.8 Å². The molecule has 2 nitrogen and oxygen atoms in total. The number of hydrogen-bond acceptors (Lipinski definition) is 2. The molecule has 1 aliphatic heterocycles. The maximum Gasteiger partial charge on any atom is -0.00196 e. The summed E-state index contributed by atoms with van der Waals surface area (Å²) in [5.41, 5.74) is 0. The molecule has 1 heterocycles. The van der Waals surface area contributed by atoms with E-state index >= 15 is 0 Å². The summed E-state index contributed by atoms with van der Waals surface area (Å²) >= 11 is 0. The highest BCUT2D eigenvalue weighted by Gasteiger charge is 2.11. The van der Waals surface area contributed by atoms with Crippen molar-refractivity contribution in [2.45, 2.75) is 46.0 Å². The molecule has 0 unspecified atom stereocenters. The molecule has 0 aliphatic carbocycles. The molecule has 2 N–H and O–H groups in total. The average Bonchev–Trinajstić information content (AvgIpc) is 2.24. The van der Waals surface area contributed by atoms with E-state index < -0.39 is 0 Å². The van der Waals surface area contributed by atoms with E-state index in [-0.39, 0.29) is 0 Å². The van der Waals surface area contributed by atoms with Crippen LogP contribution in [0, 0.1) is 11.8 Å². The van der Waals surface area contributed by atoms with Gasteiger partial charge in [-0.25, -0.2) is 0 Å². The molecule has 0 atom stereocenters. The molecule has 1 fully saturated rings. The van der Waals surface area contributed by atoms with Gasteiger partial charge in [-0.2, -0.15) is 0 Å². The number of piperidine rings is 1. The summed E-state index contributed by atoms with van der Waals surface area (Å²) in [4.78, 5) is 0. The second kappa shape index (κ2) is 8.12. The van der Waals surface area contributed by atoms with E-state index in [4.69, 9.17) is 0 Å². The van der Waals surface area contributed by atoms with Crippen molar-refractivity contribution in [1.82, 2.24) is 10.6 Å². The molecule has 2 heteroatoms. The van der Waals surface area contributed by atoms with E-state index in [9.17, 15) is 0 Å². The summed E-state index contributed by atoms with van der Waals surface area (Å²) in [7, 11) is 0. The van der Waals surface area contributed by atoms with Crippen LogP contribution in [0.2, 0.25) is 0 Å². The number of nitrogens with one attached hydrogen (secondary N) is 2. The topological polar surface area (TPSA) is 24.1 Å². The van der Waals surface area contributed by atoms with Gasteiger partial charge in [0.1, 0.15) is 0 Å². The van der Waals surface area contributed by atoms with Crippen molar-refractivity contribution < 1.29 is 0 Å². The van der Waals surface area contributed by atoms with Gasteiger partial charge in [0.25, 0.3) is 0 Å². The largest absolute Gasteiger partial charge is 0.317 e. The second-order valence-electron chi connectivity index (χ2n) is 5.29. The summed E-state index contributed by atoms with van der Waals surface area (Å²) in [5, 5.41) is 7.01. The Morgan fingerprint density at radius 2 is 1.93 bits per heavy atom. The Labute approximate surface area is 95.2 Å². The normalized spacial score (nSPS) is 18.6. The van der Waals surface area contributed by atoms with Crippen LogP contribution in [0.25, 0.3) is 0 Å². The minimum absolute atomic E-state index is 0.870. The third-order valence-corrected chi connectivity index (χ3v) is 3.28. The van der Waals surface area contributed by atoms with Crippen molar-refractivity contribution in [3.05, 3.63) is 0 Å². The zero-order chi connectivity index (χ0) is 10.9. The molecule has 0 saturated carbocycles. The van der Waals surface area contributed by atoms with Crippen LogP contribution >= 0.6 is 0 Å². The van der Waals surface area contributed by atoms with Gasteiger partial charge < -0.3 is 10.6 Å². The van der Waals surface area contributed by atoms with Crippen LogP contribution in [-0.4, -0.2) is 26.2 Å². The third-order valence-electron chi connectivity index (χ3n) is 3.28. The first-order valence-corrected chi connectivity index (χ1v) is 6.70. The Morgan fingerprint density at radius 1 is 1.20 bits per heavy atom. The highest BCUT2D eigenvalue weighted by Crippen LogP contribution is 2.10. The lowest BCUT2D eigenvalue weighted by Crippen LogP contribution is -2.33. The van der Waals surface area contributed by atoms with Gasteiger partial charge in [0.05, 0.1) is 0 Å². The van der Waals surface area contributed by atoms with Gasteiger partial charge in [0, 0.05) is 0 Å². The fraction of sp³-hybridized carbons (Fsp3) is 1.00. The quantitative estimate of drug-likeness (QED) is 0.633. The monoisotopic (exact) mass is 212 g/mol. The van der Waals surface area contributed by atoms with Gasteiger partial charge in [0.2, 0.25) is 0 Å². The van der Waals surface area contributed by atoms with Crippen molar-refractivity contribution in [2.75, 3.05) is 26.2 Å². The highest BCUT2D eigenvalue weighted by atomic mass is 14.9. The van der Waals surface area contributed by atoms with Crippen molar-refractivity contribution in [3.8, 4) is 0 Å². The number of rotatable bonds is 7. The van der Waals surface area contributed by atoms with Gasteiger partial charge in [-0.05, 0) is 57.3 Å². The molecule has 1 saturated heterocycles. The van der Waals surface area contributed by atoms with Gasteiger partial charge in [-0.1, -0.05) is 26.7 Å². The van der Waals surface area contributed by atoms with Crippen LogP contribution in [-0.2, 0) is 0 Å². The Balaban J connectivity index is 1.83. The predicted molar refractivity (Wildman–Crippen MR) is 67.2 cm³/mol. The summed E-state index contributed by atoms with van der Waals surface area (Å²) in [5.74, 6) is 1.80. The van der Waals surface area contributed by atoms with E-state index in [1.54, 1.807) is 0 Å². The maximum atomic E-state index is 3.60. The lowest BCUT2D eigenvalue weighted by Gasteiger charge is -2.22. The maximum absolute atomic E-state index is 3.60. The van der Waals surface area contributed by atoms with Crippen LogP contribution in [0.15, 0.2) is 0 Å². The smallest absolute Gasteiger partial charge is 0.00196 e.